The molecule has 2 aromatic rings. The fourth-order valence-corrected chi connectivity index (χ4v) is 2.26. The van der Waals surface area contributed by atoms with Gasteiger partial charge in [-0.15, -0.1) is 0 Å². The maximum atomic E-state index is 12.1. The highest BCUT2D eigenvalue weighted by molar-refractivity contribution is 6.31. The Kier molecular flexibility index (Phi) is 5.76. The zero-order valence-electron chi connectivity index (χ0n) is 13.0. The van der Waals surface area contributed by atoms with E-state index >= 15 is 0 Å². The van der Waals surface area contributed by atoms with Crippen LogP contribution in [0.2, 0.25) is 5.02 Å². The number of ether oxygens (including phenoxy) is 1. The van der Waals surface area contributed by atoms with Gasteiger partial charge in [0.25, 0.3) is 5.91 Å². The molecular formula is C16H18ClN3O3. The van der Waals surface area contributed by atoms with E-state index in [0.29, 0.717) is 17.1 Å². The first-order chi connectivity index (χ1) is 11.0. The van der Waals surface area contributed by atoms with Crippen molar-refractivity contribution in [3.8, 4) is 0 Å². The highest BCUT2D eigenvalue weighted by Crippen LogP contribution is 2.16. The number of halogens is 1. The molecule has 6 nitrogen and oxygen atoms in total. The van der Waals surface area contributed by atoms with Gasteiger partial charge in [-0.1, -0.05) is 29.8 Å². The molecule has 1 atom stereocenters. The number of nitrogens with zero attached hydrogens (tertiary/aromatic N) is 2. The van der Waals surface area contributed by atoms with Crippen LogP contribution in [0, 0.1) is 0 Å². The number of hydrogen-bond acceptors (Lipinski definition) is 4. The molecule has 0 aliphatic carbocycles. The maximum Gasteiger partial charge on any atom is 0.307 e. The number of nitrogens with one attached hydrogen (secondary N) is 1. The summed E-state index contributed by atoms with van der Waals surface area (Å²) < 4.78 is 6.21. The van der Waals surface area contributed by atoms with Crippen LogP contribution < -0.4 is 5.32 Å². The van der Waals surface area contributed by atoms with Crippen LogP contribution in [0.25, 0.3) is 0 Å². The molecular weight excluding hydrogens is 318 g/mol. The van der Waals surface area contributed by atoms with E-state index in [1.54, 1.807) is 17.8 Å². The summed E-state index contributed by atoms with van der Waals surface area (Å²) in [6.45, 7) is 2.22. The Morgan fingerprint density at radius 3 is 2.83 bits per heavy atom. The van der Waals surface area contributed by atoms with Crippen molar-refractivity contribution in [1.82, 2.24) is 15.1 Å². The molecule has 1 aromatic heterocycles. The predicted octanol–water partition coefficient (Wildman–Crippen LogP) is 2.27. The smallest absolute Gasteiger partial charge is 0.307 e. The largest absolute Gasteiger partial charge is 0.469 e. The average molecular weight is 336 g/mol. The number of hydrogen-bond donors (Lipinski definition) is 1. The fourth-order valence-electron chi connectivity index (χ4n) is 2.06. The lowest BCUT2D eigenvalue weighted by Crippen LogP contribution is -2.34. The third-order valence-electron chi connectivity index (χ3n) is 3.26. The van der Waals surface area contributed by atoms with Gasteiger partial charge in [-0.25, -0.2) is 0 Å². The zero-order valence-corrected chi connectivity index (χ0v) is 13.7. The number of esters is 1. The van der Waals surface area contributed by atoms with Crippen molar-refractivity contribution in [2.24, 2.45) is 0 Å². The SMILES string of the molecule is COC(=O)CC(C)NC(=O)c1cnn(Cc2ccccc2Cl)c1. The lowest BCUT2D eigenvalue weighted by molar-refractivity contribution is -0.141. The third-order valence-corrected chi connectivity index (χ3v) is 3.63. The molecule has 2 rings (SSSR count). The van der Waals surface area contributed by atoms with Gasteiger partial charge in [0.2, 0.25) is 0 Å². The summed E-state index contributed by atoms with van der Waals surface area (Å²) in [5.41, 5.74) is 1.34. The topological polar surface area (TPSA) is 73.2 Å². The number of methoxy groups -OCH3 is 1. The van der Waals surface area contributed by atoms with E-state index in [9.17, 15) is 9.59 Å². The van der Waals surface area contributed by atoms with E-state index in [0.717, 1.165) is 5.56 Å². The first-order valence-electron chi connectivity index (χ1n) is 7.13. The van der Waals surface area contributed by atoms with Crippen molar-refractivity contribution in [3.63, 3.8) is 0 Å². The van der Waals surface area contributed by atoms with Gasteiger partial charge in [-0.2, -0.15) is 5.10 Å². The van der Waals surface area contributed by atoms with Crippen molar-refractivity contribution in [3.05, 3.63) is 52.8 Å². The normalized spacial score (nSPS) is 11.8. The van der Waals surface area contributed by atoms with Crippen LogP contribution in [0.1, 0.15) is 29.3 Å². The molecule has 0 aliphatic heterocycles. The second-order valence-corrected chi connectivity index (χ2v) is 5.58. The summed E-state index contributed by atoms with van der Waals surface area (Å²) >= 11 is 6.11. The van der Waals surface area contributed by atoms with Gasteiger partial charge in [0.15, 0.2) is 0 Å². The molecule has 1 unspecified atom stereocenters. The summed E-state index contributed by atoms with van der Waals surface area (Å²) in [6.07, 6.45) is 3.25. The molecule has 0 saturated carbocycles. The van der Waals surface area contributed by atoms with E-state index in [4.69, 9.17) is 11.6 Å². The first kappa shape index (κ1) is 17.0. The lowest BCUT2D eigenvalue weighted by Gasteiger charge is -2.11. The Balaban J connectivity index is 1.97. The summed E-state index contributed by atoms with van der Waals surface area (Å²) in [5, 5.41) is 7.55. The van der Waals surface area contributed by atoms with Crippen molar-refractivity contribution in [2.45, 2.75) is 25.9 Å². The molecule has 7 heteroatoms. The number of carbonyl (C=O) groups is 2. The van der Waals surface area contributed by atoms with Crippen molar-refractivity contribution in [2.75, 3.05) is 7.11 Å². The third kappa shape index (κ3) is 4.82. The van der Waals surface area contributed by atoms with Crippen molar-refractivity contribution in [1.29, 1.82) is 0 Å². The number of carbonyl (C=O) groups excluding carboxylic acids is 2. The molecule has 1 N–H and O–H groups in total. The van der Waals surface area contributed by atoms with Crippen LogP contribution in [0.3, 0.4) is 0 Å². The molecule has 0 radical (unpaired) electrons. The number of aromatic nitrogens is 2. The monoisotopic (exact) mass is 335 g/mol. The number of amides is 1. The molecule has 0 aliphatic rings. The lowest BCUT2D eigenvalue weighted by atomic mass is 10.2. The highest BCUT2D eigenvalue weighted by atomic mass is 35.5. The summed E-state index contributed by atoms with van der Waals surface area (Å²) in [4.78, 5) is 23.3. The van der Waals surface area contributed by atoms with Crippen LogP contribution in [-0.4, -0.2) is 34.8 Å². The van der Waals surface area contributed by atoms with Gasteiger partial charge in [-0.05, 0) is 18.6 Å². The minimum atomic E-state index is -0.368. The first-order valence-corrected chi connectivity index (χ1v) is 7.51. The highest BCUT2D eigenvalue weighted by Gasteiger charge is 2.15. The Bertz CT molecular complexity index is 699. The Labute approximate surface area is 139 Å². The van der Waals surface area contributed by atoms with E-state index in [-0.39, 0.29) is 24.3 Å². The Morgan fingerprint density at radius 1 is 1.39 bits per heavy atom. The van der Waals surface area contributed by atoms with E-state index in [2.05, 4.69) is 15.2 Å². The van der Waals surface area contributed by atoms with Gasteiger partial charge in [-0.3, -0.25) is 14.3 Å². The second kappa shape index (κ2) is 7.78. The maximum absolute atomic E-state index is 12.1. The Hall–Kier alpha value is -2.34. The number of benzene rings is 1. The summed E-state index contributed by atoms with van der Waals surface area (Å²) in [5.74, 6) is -0.654. The zero-order chi connectivity index (χ0) is 16.8. The van der Waals surface area contributed by atoms with Crippen molar-refractivity contribution >= 4 is 23.5 Å². The molecule has 1 amide bonds. The second-order valence-electron chi connectivity index (χ2n) is 5.17. The van der Waals surface area contributed by atoms with Gasteiger partial charge in [0, 0.05) is 17.3 Å². The minimum Gasteiger partial charge on any atom is -0.469 e. The Morgan fingerprint density at radius 2 is 2.13 bits per heavy atom. The number of rotatable bonds is 6. The molecule has 1 aromatic carbocycles. The van der Waals surface area contributed by atoms with Gasteiger partial charge < -0.3 is 10.1 Å². The standard InChI is InChI=1S/C16H18ClN3O3/c1-11(7-15(21)23-2)19-16(22)13-8-18-20(10-13)9-12-5-3-4-6-14(12)17/h3-6,8,10-11H,7,9H2,1-2H3,(H,19,22). The molecule has 122 valence electrons. The minimum absolute atomic E-state index is 0.121. The van der Waals surface area contributed by atoms with E-state index in [1.807, 2.05) is 24.3 Å². The molecule has 0 bridgehead atoms. The molecule has 23 heavy (non-hydrogen) atoms. The van der Waals surface area contributed by atoms with Crippen LogP contribution in [-0.2, 0) is 16.1 Å². The summed E-state index contributed by atoms with van der Waals surface area (Å²) in [6, 6.07) is 7.15. The van der Waals surface area contributed by atoms with Crippen LogP contribution in [0.5, 0.6) is 0 Å². The van der Waals surface area contributed by atoms with E-state index in [1.165, 1.54) is 13.3 Å². The summed E-state index contributed by atoms with van der Waals surface area (Å²) in [7, 11) is 1.32. The molecule has 0 spiro atoms. The fraction of sp³-hybridized carbons (Fsp3) is 0.312. The quantitative estimate of drug-likeness (QED) is 0.822. The average Bonchev–Trinajstić information content (AvgIpc) is 2.98. The predicted molar refractivity (Wildman–Crippen MR) is 86.3 cm³/mol. The van der Waals surface area contributed by atoms with Gasteiger partial charge in [0.05, 0.1) is 31.8 Å². The molecule has 0 saturated heterocycles. The van der Waals surface area contributed by atoms with Gasteiger partial charge in [0.1, 0.15) is 0 Å². The molecule has 1 heterocycles. The van der Waals surface area contributed by atoms with Crippen molar-refractivity contribution < 1.29 is 14.3 Å². The van der Waals surface area contributed by atoms with Crippen LogP contribution in [0.4, 0.5) is 0 Å². The van der Waals surface area contributed by atoms with Gasteiger partial charge >= 0.3 is 5.97 Å². The van der Waals surface area contributed by atoms with E-state index < -0.39 is 0 Å². The van der Waals surface area contributed by atoms with Crippen LogP contribution in [0.15, 0.2) is 36.7 Å². The molecule has 0 fully saturated rings. The van der Waals surface area contributed by atoms with Crippen LogP contribution >= 0.6 is 11.6 Å².